The van der Waals surface area contributed by atoms with Crippen molar-refractivity contribution in [2.75, 3.05) is 40.3 Å². The monoisotopic (exact) mass is 283 g/mol. The first-order chi connectivity index (χ1) is 9.47. The minimum atomic E-state index is -0.791. The first-order valence-corrected chi connectivity index (χ1v) is 7.82. The van der Waals surface area contributed by atoms with Crippen molar-refractivity contribution in [3.8, 4) is 0 Å². The maximum Gasteiger partial charge on any atom is 0.327 e. The van der Waals surface area contributed by atoms with E-state index in [1.807, 2.05) is 6.92 Å². The number of piperidine rings is 1. The molecule has 1 saturated heterocycles. The first-order valence-electron chi connectivity index (χ1n) is 7.82. The van der Waals surface area contributed by atoms with Gasteiger partial charge in [0, 0.05) is 12.6 Å². The molecule has 1 aliphatic heterocycles. The minimum Gasteiger partial charge on any atom is -0.465 e. The summed E-state index contributed by atoms with van der Waals surface area (Å²) in [5.41, 5.74) is 5.64. The molecule has 1 unspecified atom stereocenters. The van der Waals surface area contributed by atoms with Gasteiger partial charge >= 0.3 is 5.97 Å². The van der Waals surface area contributed by atoms with Gasteiger partial charge in [-0.2, -0.15) is 0 Å². The van der Waals surface area contributed by atoms with Crippen LogP contribution in [0.1, 0.15) is 32.6 Å². The molecule has 0 amide bonds. The Kier molecular flexibility index (Phi) is 5.04. The SMILES string of the molecule is CCOC(=O)C(N)(CN1CCC(N(C)C)CC1)C1CC1. The number of nitrogens with two attached hydrogens (primary N) is 1. The van der Waals surface area contributed by atoms with Crippen LogP contribution in [0.5, 0.6) is 0 Å². The van der Waals surface area contributed by atoms with Gasteiger partial charge in [0.2, 0.25) is 0 Å². The van der Waals surface area contributed by atoms with Gasteiger partial charge in [-0.1, -0.05) is 0 Å². The first kappa shape index (κ1) is 15.7. The lowest BCUT2D eigenvalue weighted by atomic mass is 9.92. The van der Waals surface area contributed by atoms with Crippen LogP contribution in [0.2, 0.25) is 0 Å². The van der Waals surface area contributed by atoms with E-state index in [0.29, 0.717) is 25.1 Å². The Balaban J connectivity index is 1.91. The van der Waals surface area contributed by atoms with Crippen molar-refractivity contribution >= 4 is 5.97 Å². The summed E-state index contributed by atoms with van der Waals surface area (Å²) in [4.78, 5) is 16.8. The van der Waals surface area contributed by atoms with Gasteiger partial charge in [0.15, 0.2) is 0 Å². The van der Waals surface area contributed by atoms with E-state index in [0.717, 1.165) is 38.8 Å². The third kappa shape index (κ3) is 3.51. The summed E-state index contributed by atoms with van der Waals surface area (Å²) in [5.74, 6) is 0.102. The number of ether oxygens (including phenoxy) is 1. The summed E-state index contributed by atoms with van der Waals surface area (Å²) in [6.45, 7) is 4.94. The lowest BCUT2D eigenvalue weighted by Gasteiger charge is -2.39. The number of hydrogen-bond acceptors (Lipinski definition) is 5. The van der Waals surface area contributed by atoms with Crippen molar-refractivity contribution < 1.29 is 9.53 Å². The number of hydrogen-bond donors (Lipinski definition) is 1. The van der Waals surface area contributed by atoms with Crippen LogP contribution < -0.4 is 5.73 Å². The van der Waals surface area contributed by atoms with Crippen molar-refractivity contribution in [1.82, 2.24) is 9.80 Å². The van der Waals surface area contributed by atoms with E-state index in [-0.39, 0.29) is 5.97 Å². The molecular weight excluding hydrogens is 254 g/mol. The summed E-state index contributed by atoms with van der Waals surface area (Å²) in [6, 6.07) is 0.655. The highest BCUT2D eigenvalue weighted by atomic mass is 16.5. The molecule has 5 heteroatoms. The fraction of sp³-hybridized carbons (Fsp3) is 0.933. The van der Waals surface area contributed by atoms with Gasteiger partial charge in [0.25, 0.3) is 0 Å². The number of likely N-dealkylation sites (tertiary alicyclic amines) is 1. The molecule has 0 aromatic rings. The van der Waals surface area contributed by atoms with Crippen molar-refractivity contribution in [3.63, 3.8) is 0 Å². The second-order valence-corrected chi connectivity index (χ2v) is 6.51. The zero-order valence-corrected chi connectivity index (χ0v) is 13.1. The molecule has 1 aliphatic carbocycles. The molecular formula is C15H29N3O2. The summed E-state index contributed by atoms with van der Waals surface area (Å²) < 4.78 is 5.21. The second-order valence-electron chi connectivity index (χ2n) is 6.51. The normalized spacial score (nSPS) is 24.6. The van der Waals surface area contributed by atoms with Crippen molar-refractivity contribution in [2.24, 2.45) is 11.7 Å². The molecule has 5 nitrogen and oxygen atoms in total. The third-order valence-electron chi connectivity index (χ3n) is 4.73. The molecule has 0 radical (unpaired) electrons. The Morgan fingerprint density at radius 2 is 1.90 bits per heavy atom. The van der Waals surface area contributed by atoms with Gasteiger partial charge in [-0.25, -0.2) is 4.79 Å². The van der Waals surface area contributed by atoms with Crippen LogP contribution in [0.4, 0.5) is 0 Å². The van der Waals surface area contributed by atoms with E-state index in [4.69, 9.17) is 10.5 Å². The van der Waals surface area contributed by atoms with Gasteiger partial charge in [0.05, 0.1) is 6.61 Å². The molecule has 0 aromatic carbocycles. The fourth-order valence-electron chi connectivity index (χ4n) is 3.19. The van der Waals surface area contributed by atoms with E-state index in [1.165, 1.54) is 0 Å². The van der Waals surface area contributed by atoms with Crippen LogP contribution in [0.3, 0.4) is 0 Å². The zero-order chi connectivity index (χ0) is 14.8. The van der Waals surface area contributed by atoms with Crippen LogP contribution in [0, 0.1) is 5.92 Å². The minimum absolute atomic E-state index is 0.211. The van der Waals surface area contributed by atoms with Gasteiger partial charge in [-0.3, -0.25) is 0 Å². The largest absolute Gasteiger partial charge is 0.465 e. The number of nitrogens with zero attached hydrogens (tertiary/aromatic N) is 2. The highest BCUT2D eigenvalue weighted by Gasteiger charge is 2.50. The van der Waals surface area contributed by atoms with Crippen molar-refractivity contribution in [3.05, 3.63) is 0 Å². The maximum atomic E-state index is 12.2. The van der Waals surface area contributed by atoms with Crippen LogP contribution in [0.25, 0.3) is 0 Å². The van der Waals surface area contributed by atoms with Crippen molar-refractivity contribution in [1.29, 1.82) is 0 Å². The topological polar surface area (TPSA) is 58.8 Å². The maximum absolute atomic E-state index is 12.2. The molecule has 1 heterocycles. The summed E-state index contributed by atoms with van der Waals surface area (Å²) in [6.07, 6.45) is 4.42. The summed E-state index contributed by atoms with van der Waals surface area (Å²) in [7, 11) is 4.27. The van der Waals surface area contributed by atoms with Gasteiger partial charge in [0.1, 0.15) is 5.54 Å². The molecule has 116 valence electrons. The molecule has 1 saturated carbocycles. The van der Waals surface area contributed by atoms with Crippen LogP contribution in [0.15, 0.2) is 0 Å². The average Bonchev–Trinajstić information content (AvgIpc) is 3.24. The lowest BCUT2D eigenvalue weighted by Crippen LogP contribution is -2.60. The van der Waals surface area contributed by atoms with E-state index >= 15 is 0 Å². The van der Waals surface area contributed by atoms with E-state index < -0.39 is 5.54 Å². The van der Waals surface area contributed by atoms with Crippen LogP contribution in [-0.2, 0) is 9.53 Å². The van der Waals surface area contributed by atoms with E-state index in [1.54, 1.807) is 0 Å². The molecule has 0 aromatic heterocycles. The highest BCUT2D eigenvalue weighted by molar-refractivity contribution is 5.82. The Bertz CT molecular complexity index is 336. The zero-order valence-electron chi connectivity index (χ0n) is 13.1. The van der Waals surface area contributed by atoms with Gasteiger partial charge in [-0.05, 0) is 65.7 Å². The third-order valence-corrected chi connectivity index (χ3v) is 4.73. The molecule has 1 atom stereocenters. The Labute approximate surface area is 122 Å². The van der Waals surface area contributed by atoms with Gasteiger partial charge < -0.3 is 20.3 Å². The predicted octanol–water partition coefficient (Wildman–Crippen LogP) is 0.683. The molecule has 2 rings (SSSR count). The number of rotatable bonds is 6. The number of carbonyl (C=O) groups is 1. The molecule has 2 N–H and O–H groups in total. The molecule has 0 bridgehead atoms. The standard InChI is InChI=1S/C15H29N3O2/c1-4-20-14(19)15(16,12-5-6-12)11-18-9-7-13(8-10-18)17(2)3/h12-13H,4-11,16H2,1-3H3. The second kappa shape index (κ2) is 6.41. The van der Waals surface area contributed by atoms with Crippen LogP contribution in [-0.4, -0.2) is 67.7 Å². The number of carbonyl (C=O) groups excluding carboxylic acids is 1. The van der Waals surface area contributed by atoms with Crippen molar-refractivity contribution in [2.45, 2.75) is 44.2 Å². The Morgan fingerprint density at radius 1 is 1.30 bits per heavy atom. The van der Waals surface area contributed by atoms with Crippen LogP contribution >= 0.6 is 0 Å². The molecule has 0 spiro atoms. The summed E-state index contributed by atoms with van der Waals surface area (Å²) in [5, 5.41) is 0. The average molecular weight is 283 g/mol. The predicted molar refractivity (Wildman–Crippen MR) is 79.4 cm³/mol. The molecule has 2 aliphatic rings. The Morgan fingerprint density at radius 3 is 2.35 bits per heavy atom. The number of esters is 1. The summed E-state index contributed by atoms with van der Waals surface area (Å²) >= 11 is 0. The highest BCUT2D eigenvalue weighted by Crippen LogP contribution is 2.39. The molecule has 20 heavy (non-hydrogen) atoms. The Hall–Kier alpha value is -0.650. The quantitative estimate of drug-likeness (QED) is 0.727. The van der Waals surface area contributed by atoms with E-state index in [9.17, 15) is 4.79 Å². The molecule has 2 fully saturated rings. The fourth-order valence-corrected chi connectivity index (χ4v) is 3.19. The lowest BCUT2D eigenvalue weighted by molar-refractivity contribution is -0.151. The van der Waals surface area contributed by atoms with E-state index in [2.05, 4.69) is 23.9 Å². The smallest absolute Gasteiger partial charge is 0.327 e. The van der Waals surface area contributed by atoms with Gasteiger partial charge in [-0.15, -0.1) is 0 Å².